The molecule has 1 N–H and O–H groups in total. The second-order valence-electron chi connectivity index (χ2n) is 4.69. The van der Waals surface area contributed by atoms with Crippen LogP contribution in [-0.4, -0.2) is 48.9 Å². The summed E-state index contributed by atoms with van der Waals surface area (Å²) in [5.74, 6) is -0.558. The third-order valence-corrected chi connectivity index (χ3v) is 2.77. The number of amides is 1. The topological polar surface area (TPSA) is 49.4 Å². The molecule has 1 fully saturated rings. The molecule has 0 aromatic heterocycles. The molecule has 0 aliphatic carbocycles. The van der Waals surface area contributed by atoms with Crippen LogP contribution < -0.4 is 5.32 Å². The Kier molecular flexibility index (Phi) is 5.13. The van der Waals surface area contributed by atoms with Gasteiger partial charge in [0.25, 0.3) is 0 Å². The monoisotopic (exact) mass is 266 g/mol. The van der Waals surface area contributed by atoms with E-state index in [4.69, 9.17) is 0 Å². The van der Waals surface area contributed by atoms with E-state index in [0.717, 1.165) is 0 Å². The third kappa shape index (κ3) is 6.00. The van der Waals surface area contributed by atoms with Gasteiger partial charge in [-0.1, -0.05) is 0 Å². The fourth-order valence-corrected chi connectivity index (χ4v) is 2.02. The van der Waals surface area contributed by atoms with Crippen LogP contribution in [0.3, 0.4) is 0 Å². The van der Waals surface area contributed by atoms with Crippen molar-refractivity contribution >= 4 is 11.7 Å². The molecule has 1 unspecified atom stereocenters. The molecule has 1 heterocycles. The molecule has 0 bridgehead atoms. The van der Waals surface area contributed by atoms with Crippen molar-refractivity contribution in [2.24, 2.45) is 5.92 Å². The van der Waals surface area contributed by atoms with Crippen LogP contribution in [0.4, 0.5) is 13.2 Å². The first-order chi connectivity index (χ1) is 8.26. The molecule has 1 aliphatic rings. The van der Waals surface area contributed by atoms with Crippen molar-refractivity contribution in [1.82, 2.24) is 10.2 Å². The van der Waals surface area contributed by atoms with Gasteiger partial charge in [-0.2, -0.15) is 13.2 Å². The van der Waals surface area contributed by atoms with Gasteiger partial charge in [-0.25, -0.2) is 0 Å². The highest BCUT2D eigenvalue weighted by atomic mass is 19.4. The quantitative estimate of drug-likeness (QED) is 0.754. The third-order valence-electron chi connectivity index (χ3n) is 2.77. The van der Waals surface area contributed by atoms with Crippen molar-refractivity contribution in [3.05, 3.63) is 0 Å². The number of Topliss-reactive ketones (excluding diaryl/α,β-unsaturated/α-hetero) is 1. The largest absolute Gasteiger partial charge is 0.401 e. The Morgan fingerprint density at radius 3 is 2.61 bits per heavy atom. The summed E-state index contributed by atoms with van der Waals surface area (Å²) < 4.78 is 36.4. The second-order valence-corrected chi connectivity index (χ2v) is 4.69. The zero-order valence-electron chi connectivity index (χ0n) is 10.2. The summed E-state index contributed by atoms with van der Waals surface area (Å²) in [5, 5.41) is 2.57. The zero-order chi connectivity index (χ0) is 13.8. The summed E-state index contributed by atoms with van der Waals surface area (Å²) in [7, 11) is 0. The second kappa shape index (κ2) is 6.17. The Morgan fingerprint density at radius 1 is 1.39 bits per heavy atom. The van der Waals surface area contributed by atoms with Gasteiger partial charge < -0.3 is 5.32 Å². The lowest BCUT2D eigenvalue weighted by Gasteiger charge is -2.17. The van der Waals surface area contributed by atoms with Crippen molar-refractivity contribution in [1.29, 1.82) is 0 Å². The maximum atomic E-state index is 12.1. The SMILES string of the molecule is CC(=O)CC(=O)NCC1CCN(CC(F)(F)F)C1. The number of rotatable bonds is 5. The predicted molar refractivity (Wildman–Crippen MR) is 58.9 cm³/mol. The van der Waals surface area contributed by atoms with Crippen molar-refractivity contribution < 1.29 is 22.8 Å². The Bertz CT molecular complexity index is 318. The van der Waals surface area contributed by atoms with E-state index in [1.165, 1.54) is 11.8 Å². The number of ketones is 1. The molecule has 4 nitrogen and oxygen atoms in total. The molecule has 1 rings (SSSR count). The van der Waals surface area contributed by atoms with Gasteiger partial charge in [0.1, 0.15) is 5.78 Å². The van der Waals surface area contributed by atoms with Crippen LogP contribution in [0.1, 0.15) is 19.8 Å². The Balaban J connectivity index is 2.22. The summed E-state index contributed by atoms with van der Waals surface area (Å²) >= 11 is 0. The molecule has 7 heteroatoms. The van der Waals surface area contributed by atoms with Crippen molar-refractivity contribution in [3.8, 4) is 0 Å². The first kappa shape index (κ1) is 14.9. The molecule has 18 heavy (non-hydrogen) atoms. The highest BCUT2D eigenvalue weighted by molar-refractivity contribution is 5.96. The molecule has 0 spiro atoms. The van der Waals surface area contributed by atoms with Crippen molar-refractivity contribution in [2.45, 2.75) is 25.9 Å². The van der Waals surface area contributed by atoms with Gasteiger partial charge in [0.05, 0.1) is 13.0 Å². The highest BCUT2D eigenvalue weighted by Gasteiger charge is 2.34. The average molecular weight is 266 g/mol. The maximum Gasteiger partial charge on any atom is 0.401 e. The standard InChI is InChI=1S/C11H17F3N2O2/c1-8(17)4-10(18)15-5-9-2-3-16(6-9)7-11(12,13)14/h9H,2-7H2,1H3,(H,15,18). The maximum absolute atomic E-state index is 12.1. The lowest BCUT2D eigenvalue weighted by molar-refractivity contribution is -0.144. The van der Waals surface area contributed by atoms with Gasteiger partial charge in [-0.15, -0.1) is 0 Å². The van der Waals surface area contributed by atoms with Crippen molar-refractivity contribution in [3.63, 3.8) is 0 Å². The average Bonchev–Trinajstić information content (AvgIpc) is 2.58. The number of nitrogens with zero attached hydrogens (tertiary/aromatic N) is 1. The number of halogens is 3. The van der Waals surface area contributed by atoms with Crippen LogP contribution >= 0.6 is 0 Å². The van der Waals surface area contributed by atoms with Crippen LogP contribution in [0.25, 0.3) is 0 Å². The number of hydrogen-bond donors (Lipinski definition) is 1. The zero-order valence-corrected chi connectivity index (χ0v) is 10.2. The lowest BCUT2D eigenvalue weighted by Crippen LogP contribution is -2.35. The van der Waals surface area contributed by atoms with E-state index in [9.17, 15) is 22.8 Å². The molecule has 104 valence electrons. The summed E-state index contributed by atoms with van der Waals surface area (Å²) in [6.45, 7) is 1.48. The first-order valence-corrected chi connectivity index (χ1v) is 5.81. The molecule has 0 radical (unpaired) electrons. The number of carbonyl (C=O) groups is 2. The normalized spacial score (nSPS) is 21.0. The molecule has 0 aromatic rings. The van der Waals surface area contributed by atoms with Crippen LogP contribution in [0.2, 0.25) is 0 Å². The summed E-state index contributed by atoms with van der Waals surface area (Å²) in [6.07, 6.45) is -3.71. The van der Waals surface area contributed by atoms with Gasteiger partial charge in [0.15, 0.2) is 0 Å². The summed E-state index contributed by atoms with van der Waals surface area (Å²) in [4.78, 5) is 23.2. The van der Waals surface area contributed by atoms with E-state index in [2.05, 4.69) is 5.32 Å². The van der Waals surface area contributed by atoms with E-state index in [-0.39, 0.29) is 24.0 Å². The number of alkyl halides is 3. The minimum atomic E-state index is -4.17. The van der Waals surface area contributed by atoms with E-state index in [0.29, 0.717) is 26.1 Å². The van der Waals surface area contributed by atoms with Crippen LogP contribution in [0.5, 0.6) is 0 Å². The number of likely N-dealkylation sites (tertiary alicyclic amines) is 1. The highest BCUT2D eigenvalue weighted by Crippen LogP contribution is 2.22. The van der Waals surface area contributed by atoms with E-state index >= 15 is 0 Å². The van der Waals surface area contributed by atoms with Gasteiger partial charge >= 0.3 is 6.18 Å². The Morgan fingerprint density at radius 2 is 2.06 bits per heavy atom. The van der Waals surface area contributed by atoms with Crippen LogP contribution in [0.15, 0.2) is 0 Å². The van der Waals surface area contributed by atoms with Gasteiger partial charge in [0, 0.05) is 13.1 Å². The number of hydrogen-bond acceptors (Lipinski definition) is 3. The molecule has 1 saturated heterocycles. The smallest absolute Gasteiger partial charge is 0.355 e. The molecular formula is C11H17F3N2O2. The fourth-order valence-electron chi connectivity index (χ4n) is 2.02. The summed E-state index contributed by atoms with van der Waals surface area (Å²) in [5.41, 5.74) is 0. The molecule has 1 amide bonds. The van der Waals surface area contributed by atoms with Crippen LogP contribution in [-0.2, 0) is 9.59 Å². The fraction of sp³-hybridized carbons (Fsp3) is 0.818. The number of nitrogens with one attached hydrogen (secondary N) is 1. The minimum Gasteiger partial charge on any atom is -0.355 e. The van der Waals surface area contributed by atoms with Gasteiger partial charge in [0.2, 0.25) is 5.91 Å². The first-order valence-electron chi connectivity index (χ1n) is 5.81. The predicted octanol–water partition coefficient (Wildman–Crippen LogP) is 0.966. The van der Waals surface area contributed by atoms with E-state index in [1.54, 1.807) is 0 Å². The van der Waals surface area contributed by atoms with E-state index in [1.807, 2.05) is 0 Å². The molecule has 0 aromatic carbocycles. The van der Waals surface area contributed by atoms with E-state index < -0.39 is 12.7 Å². The Hall–Kier alpha value is -1.11. The molecule has 0 saturated carbocycles. The van der Waals surface area contributed by atoms with Crippen LogP contribution in [0, 0.1) is 5.92 Å². The Labute approximate surface area is 104 Å². The van der Waals surface area contributed by atoms with Crippen molar-refractivity contribution in [2.75, 3.05) is 26.2 Å². The van der Waals surface area contributed by atoms with Gasteiger partial charge in [-0.05, 0) is 25.8 Å². The lowest BCUT2D eigenvalue weighted by atomic mass is 10.1. The molecule has 1 atom stereocenters. The molecular weight excluding hydrogens is 249 g/mol. The van der Waals surface area contributed by atoms with Gasteiger partial charge in [-0.3, -0.25) is 14.5 Å². The minimum absolute atomic E-state index is 0.0308. The summed E-state index contributed by atoms with van der Waals surface area (Å²) in [6, 6.07) is 0. The molecule has 1 aliphatic heterocycles. The number of carbonyl (C=O) groups excluding carboxylic acids is 2.